The van der Waals surface area contributed by atoms with Gasteiger partial charge in [0.05, 0.1) is 11.4 Å². The molecule has 1 N–H and O–H groups in total. The number of hydrogen-bond donors (Lipinski definition) is 1. The molecule has 160 valence electrons. The van der Waals surface area contributed by atoms with Crippen molar-refractivity contribution in [3.63, 3.8) is 0 Å². The smallest absolute Gasteiger partial charge is 0.245 e. The van der Waals surface area contributed by atoms with Crippen LogP contribution in [0.25, 0.3) is 0 Å². The summed E-state index contributed by atoms with van der Waals surface area (Å²) in [6.07, 6.45) is 0.107. The topological polar surface area (TPSA) is 66.5 Å². The molecular formula is C22H17BrF2N2O3S. The van der Waals surface area contributed by atoms with Crippen LogP contribution in [-0.4, -0.2) is 20.4 Å². The van der Waals surface area contributed by atoms with Crippen molar-refractivity contribution in [2.45, 2.75) is 23.9 Å². The minimum atomic E-state index is -4.34. The van der Waals surface area contributed by atoms with Crippen LogP contribution in [0.1, 0.15) is 11.1 Å². The van der Waals surface area contributed by atoms with Gasteiger partial charge < -0.3 is 4.90 Å². The van der Waals surface area contributed by atoms with Gasteiger partial charge >= 0.3 is 0 Å². The predicted molar refractivity (Wildman–Crippen MR) is 116 cm³/mol. The fraction of sp³-hybridized carbons (Fsp3) is 0.136. The summed E-state index contributed by atoms with van der Waals surface area (Å²) in [5, 5.41) is 0. The zero-order chi connectivity index (χ0) is 22.2. The number of amides is 1. The maximum atomic E-state index is 13.5. The zero-order valence-electron chi connectivity index (χ0n) is 16.1. The standard InChI is InChI=1S/C22H17BrF2N2O3S/c23-16-6-7-21-15(8-16)9-20(22(28)27(21)13-14-4-2-1-3-5-14)26-31(29,30)19-11-17(24)10-18(25)12-19/h1-8,10-12,20,26H,9,13H2/t20-/m1/s1. The number of hydrogen-bond acceptors (Lipinski definition) is 3. The summed E-state index contributed by atoms with van der Waals surface area (Å²) in [7, 11) is -4.34. The van der Waals surface area contributed by atoms with Crippen LogP contribution >= 0.6 is 15.9 Å². The number of sulfonamides is 1. The Bertz CT molecular complexity index is 1230. The maximum Gasteiger partial charge on any atom is 0.245 e. The van der Waals surface area contributed by atoms with Gasteiger partial charge in [0.15, 0.2) is 0 Å². The maximum absolute atomic E-state index is 13.5. The van der Waals surface area contributed by atoms with Crippen molar-refractivity contribution in [2.75, 3.05) is 4.90 Å². The van der Waals surface area contributed by atoms with Crippen LogP contribution in [0.2, 0.25) is 0 Å². The lowest BCUT2D eigenvalue weighted by Gasteiger charge is -2.34. The Morgan fingerprint density at radius 2 is 1.68 bits per heavy atom. The highest BCUT2D eigenvalue weighted by Gasteiger charge is 2.36. The number of carbonyl (C=O) groups excluding carboxylic acids is 1. The van der Waals surface area contributed by atoms with Crippen LogP contribution in [-0.2, 0) is 27.8 Å². The molecule has 0 spiro atoms. The van der Waals surface area contributed by atoms with Crippen LogP contribution < -0.4 is 9.62 Å². The highest BCUT2D eigenvalue weighted by Crippen LogP contribution is 2.32. The van der Waals surface area contributed by atoms with Gasteiger partial charge in [-0.05, 0) is 47.9 Å². The summed E-state index contributed by atoms with van der Waals surface area (Å²) in [6, 6.07) is 15.6. The van der Waals surface area contributed by atoms with Gasteiger partial charge in [-0.15, -0.1) is 0 Å². The number of anilines is 1. The molecule has 9 heteroatoms. The Balaban J connectivity index is 1.69. The average molecular weight is 507 g/mol. The first kappa shape index (κ1) is 21.6. The van der Waals surface area contributed by atoms with E-state index in [9.17, 15) is 22.0 Å². The normalized spacial score (nSPS) is 16.3. The van der Waals surface area contributed by atoms with E-state index in [-0.39, 0.29) is 13.0 Å². The van der Waals surface area contributed by atoms with Crippen LogP contribution in [0.4, 0.5) is 14.5 Å². The SMILES string of the molecule is O=C1[C@H](NS(=O)(=O)c2cc(F)cc(F)c2)Cc2cc(Br)ccc2N1Cc1ccccc1. The molecule has 0 radical (unpaired) electrons. The molecule has 1 atom stereocenters. The molecule has 5 nitrogen and oxygen atoms in total. The average Bonchev–Trinajstić information content (AvgIpc) is 2.71. The highest BCUT2D eigenvalue weighted by atomic mass is 79.9. The third-order valence-electron chi connectivity index (χ3n) is 4.95. The van der Waals surface area contributed by atoms with Crippen molar-refractivity contribution in [1.82, 2.24) is 4.72 Å². The quantitative estimate of drug-likeness (QED) is 0.564. The molecule has 0 unspecified atom stereocenters. The number of rotatable bonds is 5. The van der Waals surface area contributed by atoms with Gasteiger partial charge in [0.1, 0.15) is 17.7 Å². The molecule has 0 bridgehead atoms. The summed E-state index contributed by atoms with van der Waals surface area (Å²) >= 11 is 3.40. The van der Waals surface area contributed by atoms with Crippen LogP contribution in [0.5, 0.6) is 0 Å². The van der Waals surface area contributed by atoms with E-state index >= 15 is 0 Å². The number of fused-ring (bicyclic) bond motifs is 1. The molecule has 0 fully saturated rings. The van der Waals surface area contributed by atoms with Crippen molar-refractivity contribution < 1.29 is 22.0 Å². The Kier molecular flexibility index (Phi) is 5.92. The summed E-state index contributed by atoms with van der Waals surface area (Å²) in [6.45, 7) is 0.251. The van der Waals surface area contributed by atoms with Crippen molar-refractivity contribution in [1.29, 1.82) is 0 Å². The molecule has 4 rings (SSSR count). The van der Waals surface area contributed by atoms with Crippen molar-refractivity contribution >= 4 is 37.5 Å². The molecule has 1 heterocycles. The summed E-state index contributed by atoms with van der Waals surface area (Å²) < 4.78 is 55.7. The summed E-state index contributed by atoms with van der Waals surface area (Å²) in [4.78, 5) is 14.2. The van der Waals surface area contributed by atoms with E-state index in [2.05, 4.69) is 20.7 Å². The highest BCUT2D eigenvalue weighted by molar-refractivity contribution is 9.10. The Hall–Kier alpha value is -2.62. The van der Waals surface area contributed by atoms with Crippen molar-refractivity contribution in [3.05, 3.63) is 94.0 Å². The van der Waals surface area contributed by atoms with E-state index in [4.69, 9.17) is 0 Å². The molecule has 1 aliphatic rings. The second kappa shape index (κ2) is 8.49. The second-order valence-corrected chi connectivity index (χ2v) is 9.80. The van der Waals surface area contributed by atoms with Gasteiger partial charge in [-0.3, -0.25) is 4.79 Å². The Morgan fingerprint density at radius 3 is 2.35 bits per heavy atom. The fourth-order valence-corrected chi connectivity index (χ4v) is 5.19. The summed E-state index contributed by atoms with van der Waals surface area (Å²) in [5.74, 6) is -2.48. The number of nitrogens with one attached hydrogen (secondary N) is 1. The molecule has 31 heavy (non-hydrogen) atoms. The van der Waals surface area contributed by atoms with E-state index < -0.39 is 38.5 Å². The van der Waals surface area contributed by atoms with Crippen molar-refractivity contribution in [2.24, 2.45) is 0 Å². The van der Waals surface area contributed by atoms with Gasteiger partial charge in [0.25, 0.3) is 0 Å². The molecule has 0 aliphatic carbocycles. The first-order valence-corrected chi connectivity index (χ1v) is 11.6. The second-order valence-electron chi connectivity index (χ2n) is 7.17. The van der Waals surface area contributed by atoms with Crippen LogP contribution in [0.3, 0.4) is 0 Å². The molecular weight excluding hydrogens is 490 g/mol. The molecule has 3 aromatic rings. The zero-order valence-corrected chi connectivity index (χ0v) is 18.5. The minimum absolute atomic E-state index is 0.107. The van der Waals surface area contributed by atoms with Gasteiger partial charge in [-0.2, -0.15) is 4.72 Å². The van der Waals surface area contributed by atoms with Gasteiger partial charge in [-0.1, -0.05) is 46.3 Å². The van der Waals surface area contributed by atoms with E-state index in [1.165, 1.54) is 4.90 Å². The molecule has 1 amide bonds. The Morgan fingerprint density at radius 1 is 1.00 bits per heavy atom. The van der Waals surface area contributed by atoms with Gasteiger partial charge in [-0.25, -0.2) is 17.2 Å². The first-order chi connectivity index (χ1) is 14.7. The largest absolute Gasteiger partial charge is 0.306 e. The summed E-state index contributed by atoms with van der Waals surface area (Å²) in [5.41, 5.74) is 2.33. The number of carbonyl (C=O) groups is 1. The lowest BCUT2D eigenvalue weighted by atomic mass is 9.97. The van der Waals surface area contributed by atoms with E-state index in [0.717, 1.165) is 15.6 Å². The molecule has 1 aliphatic heterocycles. The monoisotopic (exact) mass is 506 g/mol. The minimum Gasteiger partial charge on any atom is -0.306 e. The van der Waals surface area contributed by atoms with Crippen molar-refractivity contribution in [3.8, 4) is 0 Å². The predicted octanol–water partition coefficient (Wildman–Crippen LogP) is 4.16. The lowest BCUT2D eigenvalue weighted by Crippen LogP contribution is -2.52. The fourth-order valence-electron chi connectivity index (χ4n) is 3.56. The van der Waals surface area contributed by atoms with E-state index in [1.54, 1.807) is 6.07 Å². The number of benzene rings is 3. The van der Waals surface area contributed by atoms with E-state index in [0.29, 0.717) is 23.9 Å². The molecule has 3 aromatic carbocycles. The van der Waals surface area contributed by atoms with E-state index in [1.807, 2.05) is 42.5 Å². The van der Waals surface area contributed by atoms with Crippen LogP contribution in [0, 0.1) is 11.6 Å². The number of nitrogens with zero attached hydrogens (tertiary/aromatic N) is 1. The molecule has 0 saturated carbocycles. The lowest BCUT2D eigenvalue weighted by molar-refractivity contribution is -0.120. The van der Waals surface area contributed by atoms with Crippen LogP contribution in [0.15, 0.2) is 76.1 Å². The van der Waals surface area contributed by atoms with Gasteiger partial charge in [0.2, 0.25) is 15.9 Å². The molecule has 0 aromatic heterocycles. The third-order valence-corrected chi connectivity index (χ3v) is 6.89. The third kappa shape index (κ3) is 4.68. The van der Waals surface area contributed by atoms with Gasteiger partial charge in [0, 0.05) is 16.2 Å². The number of halogens is 3. The Labute approximate surface area is 186 Å². The first-order valence-electron chi connectivity index (χ1n) is 9.35. The molecule has 0 saturated heterocycles.